The number of fused-ring (bicyclic) bond motifs is 4. The van der Waals surface area contributed by atoms with E-state index in [0.29, 0.717) is 5.41 Å². The number of methoxy groups -OCH3 is 1. The fraction of sp³-hybridized carbons (Fsp3) is 0.647. The number of likely N-dealkylation sites (tertiary alicyclic amines) is 1. The van der Waals surface area contributed by atoms with Crippen molar-refractivity contribution in [3.05, 3.63) is 29.3 Å². The number of ether oxygens (including phenoxy) is 1. The minimum absolute atomic E-state index is 0. The second-order valence-electron chi connectivity index (χ2n) is 6.71. The number of hydrogen-bond donors (Lipinski definition) is 0. The van der Waals surface area contributed by atoms with Crippen molar-refractivity contribution in [1.82, 2.24) is 4.90 Å². The molecule has 0 spiro atoms. The fourth-order valence-corrected chi connectivity index (χ4v) is 4.12. The summed E-state index contributed by atoms with van der Waals surface area (Å²) < 4.78 is 5.44. The van der Waals surface area contributed by atoms with Gasteiger partial charge in [0.05, 0.1) is 7.11 Å². The molecule has 3 atom stereocenters. The maximum Gasteiger partial charge on any atom is 0.119 e. The Hall–Kier alpha value is -0.730. The third kappa shape index (κ3) is 2.33. The van der Waals surface area contributed by atoms with Crippen molar-refractivity contribution in [1.29, 1.82) is 0 Å². The van der Waals surface area contributed by atoms with Crippen LogP contribution >= 0.6 is 12.4 Å². The molecule has 1 aliphatic heterocycles. The molecule has 0 N–H and O–H groups in total. The average molecular weight is 296 g/mol. The van der Waals surface area contributed by atoms with E-state index in [-0.39, 0.29) is 12.4 Å². The lowest BCUT2D eigenvalue weighted by Crippen LogP contribution is -2.41. The molecule has 2 nitrogen and oxygen atoms in total. The van der Waals surface area contributed by atoms with E-state index in [4.69, 9.17) is 4.74 Å². The molecule has 0 amide bonds. The average Bonchev–Trinajstić information content (AvgIpc) is 2.48. The summed E-state index contributed by atoms with van der Waals surface area (Å²) in [7, 11) is 4.03. The highest BCUT2D eigenvalue weighted by Crippen LogP contribution is 2.48. The van der Waals surface area contributed by atoms with E-state index < -0.39 is 0 Å². The lowest BCUT2D eigenvalue weighted by Gasteiger charge is -2.44. The number of hydrogen-bond acceptors (Lipinski definition) is 2. The molecule has 0 radical (unpaired) electrons. The SMILES string of the molecule is COc1ccc2c(c1)C1(C)CCN(C)CC(C2)C1C.Cl. The maximum atomic E-state index is 5.44. The van der Waals surface area contributed by atoms with Gasteiger partial charge >= 0.3 is 0 Å². The van der Waals surface area contributed by atoms with E-state index in [1.54, 1.807) is 12.7 Å². The summed E-state index contributed by atoms with van der Waals surface area (Å²) in [6.45, 7) is 7.35. The smallest absolute Gasteiger partial charge is 0.119 e. The first-order chi connectivity index (χ1) is 9.04. The second-order valence-corrected chi connectivity index (χ2v) is 6.71. The summed E-state index contributed by atoms with van der Waals surface area (Å²) in [6.07, 6.45) is 2.47. The summed E-state index contributed by atoms with van der Waals surface area (Å²) in [6, 6.07) is 6.69. The Bertz CT molecular complexity index is 490. The minimum atomic E-state index is 0. The third-order valence-corrected chi connectivity index (χ3v) is 5.69. The fourth-order valence-electron chi connectivity index (χ4n) is 4.12. The molecule has 3 rings (SSSR count). The van der Waals surface area contributed by atoms with E-state index in [1.165, 1.54) is 31.5 Å². The maximum absolute atomic E-state index is 5.44. The predicted octanol–water partition coefficient (Wildman–Crippen LogP) is 3.52. The van der Waals surface area contributed by atoms with Crippen LogP contribution in [0.3, 0.4) is 0 Å². The van der Waals surface area contributed by atoms with Crippen molar-refractivity contribution in [2.75, 3.05) is 27.2 Å². The van der Waals surface area contributed by atoms with Crippen molar-refractivity contribution in [3.63, 3.8) is 0 Å². The Kier molecular flexibility index (Phi) is 4.36. The van der Waals surface area contributed by atoms with E-state index in [2.05, 4.69) is 44.0 Å². The highest BCUT2D eigenvalue weighted by molar-refractivity contribution is 5.85. The molecule has 1 fully saturated rings. The topological polar surface area (TPSA) is 12.5 Å². The number of nitrogens with zero attached hydrogens (tertiary/aromatic N) is 1. The van der Waals surface area contributed by atoms with Gasteiger partial charge in [0.1, 0.15) is 5.75 Å². The molecule has 0 aromatic heterocycles. The Morgan fingerprint density at radius 1 is 1.35 bits per heavy atom. The highest BCUT2D eigenvalue weighted by Gasteiger charge is 2.44. The number of benzene rings is 1. The van der Waals surface area contributed by atoms with Crippen molar-refractivity contribution < 1.29 is 4.74 Å². The van der Waals surface area contributed by atoms with E-state index in [1.807, 2.05) is 0 Å². The third-order valence-electron chi connectivity index (χ3n) is 5.69. The van der Waals surface area contributed by atoms with Gasteiger partial charge in [-0.25, -0.2) is 0 Å². The molecule has 1 aliphatic carbocycles. The first-order valence-corrected chi connectivity index (χ1v) is 7.40. The van der Waals surface area contributed by atoms with Crippen LogP contribution in [0.5, 0.6) is 5.75 Å². The molecule has 3 heteroatoms. The predicted molar refractivity (Wildman–Crippen MR) is 86.1 cm³/mol. The van der Waals surface area contributed by atoms with Gasteiger partial charge in [-0.15, -0.1) is 12.4 Å². The Morgan fingerprint density at radius 3 is 2.80 bits per heavy atom. The van der Waals surface area contributed by atoms with Crippen molar-refractivity contribution in [2.45, 2.75) is 32.1 Å². The van der Waals surface area contributed by atoms with Crippen LogP contribution in [0.25, 0.3) is 0 Å². The molecular weight excluding hydrogens is 270 g/mol. The molecule has 1 aromatic rings. The molecule has 2 aliphatic rings. The molecule has 1 aromatic carbocycles. The molecule has 20 heavy (non-hydrogen) atoms. The van der Waals surface area contributed by atoms with Gasteiger partial charge in [-0.1, -0.05) is 19.9 Å². The highest BCUT2D eigenvalue weighted by atomic mass is 35.5. The van der Waals surface area contributed by atoms with Crippen LogP contribution in [0.4, 0.5) is 0 Å². The summed E-state index contributed by atoms with van der Waals surface area (Å²) in [5.41, 5.74) is 3.38. The van der Waals surface area contributed by atoms with E-state index in [9.17, 15) is 0 Å². The normalized spacial score (nSPS) is 32.8. The van der Waals surface area contributed by atoms with Crippen LogP contribution in [-0.2, 0) is 11.8 Å². The lowest BCUT2D eigenvalue weighted by molar-refractivity contribution is 0.197. The van der Waals surface area contributed by atoms with Crippen molar-refractivity contribution in [3.8, 4) is 5.75 Å². The quantitative estimate of drug-likeness (QED) is 0.786. The Labute approximate surface area is 128 Å². The van der Waals surface area contributed by atoms with Crippen LogP contribution in [0.2, 0.25) is 0 Å². The molecule has 3 unspecified atom stereocenters. The zero-order valence-electron chi connectivity index (χ0n) is 13.0. The lowest BCUT2D eigenvalue weighted by atomic mass is 9.60. The van der Waals surface area contributed by atoms with Crippen LogP contribution < -0.4 is 4.74 Å². The molecule has 1 saturated heterocycles. The zero-order valence-corrected chi connectivity index (χ0v) is 13.8. The summed E-state index contributed by atoms with van der Waals surface area (Å²) in [4.78, 5) is 2.51. The van der Waals surface area contributed by atoms with Gasteiger partial charge in [-0.05, 0) is 66.9 Å². The molecule has 2 bridgehead atoms. The molecule has 112 valence electrons. The molecule has 0 saturated carbocycles. The number of rotatable bonds is 1. The second kappa shape index (κ2) is 5.57. The summed E-state index contributed by atoms with van der Waals surface area (Å²) >= 11 is 0. The van der Waals surface area contributed by atoms with Gasteiger partial charge in [0.2, 0.25) is 0 Å². The van der Waals surface area contributed by atoms with Gasteiger partial charge in [0, 0.05) is 6.54 Å². The van der Waals surface area contributed by atoms with Gasteiger partial charge in [-0.2, -0.15) is 0 Å². The Morgan fingerprint density at radius 2 is 2.10 bits per heavy atom. The van der Waals surface area contributed by atoms with Crippen molar-refractivity contribution >= 4 is 12.4 Å². The van der Waals surface area contributed by atoms with Crippen LogP contribution in [0.1, 0.15) is 31.4 Å². The van der Waals surface area contributed by atoms with E-state index >= 15 is 0 Å². The minimum Gasteiger partial charge on any atom is -0.497 e. The zero-order chi connectivity index (χ0) is 13.6. The van der Waals surface area contributed by atoms with Crippen LogP contribution in [0, 0.1) is 11.8 Å². The Balaban J connectivity index is 0.00000147. The first kappa shape index (κ1) is 15.7. The summed E-state index contributed by atoms with van der Waals surface area (Å²) in [5.74, 6) is 2.54. The monoisotopic (exact) mass is 295 g/mol. The molecular formula is C17H26ClNO. The first-order valence-electron chi connectivity index (χ1n) is 7.40. The largest absolute Gasteiger partial charge is 0.497 e. The van der Waals surface area contributed by atoms with Gasteiger partial charge < -0.3 is 9.64 Å². The van der Waals surface area contributed by atoms with Crippen molar-refractivity contribution in [2.24, 2.45) is 11.8 Å². The van der Waals surface area contributed by atoms with Crippen LogP contribution in [-0.4, -0.2) is 32.1 Å². The van der Waals surface area contributed by atoms with Crippen LogP contribution in [0.15, 0.2) is 18.2 Å². The van der Waals surface area contributed by atoms with E-state index in [0.717, 1.165) is 17.6 Å². The summed E-state index contributed by atoms with van der Waals surface area (Å²) in [5, 5.41) is 0. The number of halogens is 1. The standard InChI is InChI=1S/C17H25NO.ClH/c1-12-14-9-13-5-6-15(19-4)10-16(13)17(12,2)7-8-18(3)11-14;/h5-6,10,12,14H,7-9,11H2,1-4H3;1H. The van der Waals surface area contributed by atoms with Gasteiger partial charge in [-0.3, -0.25) is 0 Å². The van der Waals surface area contributed by atoms with Gasteiger partial charge in [0.25, 0.3) is 0 Å². The molecule has 1 heterocycles. The van der Waals surface area contributed by atoms with Gasteiger partial charge in [0.15, 0.2) is 0 Å².